The van der Waals surface area contributed by atoms with Gasteiger partial charge in [0, 0.05) is 5.41 Å². The fourth-order valence-electron chi connectivity index (χ4n) is 2.34. The molecular weight excluding hydrogens is 429 g/mol. The number of halogens is 1. The molecule has 5 nitrogen and oxygen atoms in total. The van der Waals surface area contributed by atoms with Crippen molar-refractivity contribution in [3.05, 3.63) is 54.1 Å². The first-order chi connectivity index (χ1) is 11.5. The van der Waals surface area contributed by atoms with E-state index in [1.807, 2.05) is 36.4 Å². The summed E-state index contributed by atoms with van der Waals surface area (Å²) in [5.74, 6) is 1.93. The van der Waals surface area contributed by atoms with Gasteiger partial charge in [-0.25, -0.2) is 0 Å². The number of anilines is 1. The maximum Gasteiger partial charge on any atom is 0.193 e. The molecular formula is C19H26IN3O2. The van der Waals surface area contributed by atoms with E-state index in [9.17, 15) is 0 Å². The van der Waals surface area contributed by atoms with E-state index in [1.54, 1.807) is 14.2 Å². The van der Waals surface area contributed by atoms with Crippen LogP contribution in [0.2, 0.25) is 0 Å². The van der Waals surface area contributed by atoms with Crippen molar-refractivity contribution in [1.29, 1.82) is 0 Å². The summed E-state index contributed by atoms with van der Waals surface area (Å²) in [7, 11) is 3.29. The normalized spacial score (nSPS) is 11.4. The van der Waals surface area contributed by atoms with Crippen LogP contribution in [0.25, 0.3) is 0 Å². The Bertz CT molecular complexity index is 700. The van der Waals surface area contributed by atoms with E-state index < -0.39 is 0 Å². The van der Waals surface area contributed by atoms with E-state index in [1.165, 1.54) is 5.56 Å². The van der Waals surface area contributed by atoms with Gasteiger partial charge in [0.25, 0.3) is 0 Å². The lowest BCUT2D eigenvalue weighted by Crippen LogP contribution is -2.28. The number of hydrogen-bond acceptors (Lipinski definition) is 3. The summed E-state index contributed by atoms with van der Waals surface area (Å²) in [6.07, 6.45) is 0. The summed E-state index contributed by atoms with van der Waals surface area (Å²) >= 11 is 0. The molecule has 136 valence electrons. The highest BCUT2D eigenvalue weighted by molar-refractivity contribution is 14.0. The molecule has 0 aliphatic heterocycles. The van der Waals surface area contributed by atoms with Gasteiger partial charge in [0.15, 0.2) is 5.96 Å². The van der Waals surface area contributed by atoms with Crippen LogP contribution in [-0.2, 0) is 5.41 Å². The minimum atomic E-state index is -0.140. The molecule has 0 bridgehead atoms. The number of hydrogen-bond donors (Lipinski definition) is 2. The number of ether oxygens (including phenoxy) is 2. The van der Waals surface area contributed by atoms with Gasteiger partial charge in [-0.2, -0.15) is 0 Å². The van der Waals surface area contributed by atoms with Crippen molar-refractivity contribution in [3.8, 4) is 11.5 Å². The third-order valence-corrected chi connectivity index (χ3v) is 3.89. The number of nitrogens with zero attached hydrogens (tertiary/aromatic N) is 1. The second-order valence-electron chi connectivity index (χ2n) is 6.14. The molecule has 6 heteroatoms. The van der Waals surface area contributed by atoms with E-state index in [0.29, 0.717) is 12.5 Å². The fraction of sp³-hybridized carbons (Fsp3) is 0.316. The van der Waals surface area contributed by atoms with E-state index in [0.717, 1.165) is 17.2 Å². The number of aliphatic imine (C=N–C) groups is 1. The van der Waals surface area contributed by atoms with Crippen molar-refractivity contribution >= 4 is 35.6 Å². The van der Waals surface area contributed by atoms with Crippen molar-refractivity contribution in [2.24, 2.45) is 10.7 Å². The molecule has 0 heterocycles. The van der Waals surface area contributed by atoms with Gasteiger partial charge in [-0.1, -0.05) is 38.1 Å². The summed E-state index contributed by atoms with van der Waals surface area (Å²) < 4.78 is 10.5. The Morgan fingerprint density at radius 2 is 1.68 bits per heavy atom. The molecule has 0 amide bonds. The molecule has 0 atom stereocenters. The molecule has 0 fully saturated rings. The second-order valence-corrected chi connectivity index (χ2v) is 6.14. The van der Waals surface area contributed by atoms with Crippen LogP contribution in [0.3, 0.4) is 0 Å². The molecule has 2 aromatic carbocycles. The Hall–Kier alpha value is -1.96. The van der Waals surface area contributed by atoms with Gasteiger partial charge in [-0.15, -0.1) is 24.0 Å². The molecule has 0 radical (unpaired) electrons. The summed E-state index contributed by atoms with van der Waals surface area (Å²) in [4.78, 5) is 4.48. The summed E-state index contributed by atoms with van der Waals surface area (Å²) in [6.45, 7) is 4.83. The molecule has 0 aliphatic carbocycles. The van der Waals surface area contributed by atoms with E-state index in [4.69, 9.17) is 15.2 Å². The average molecular weight is 455 g/mol. The first-order valence-corrected chi connectivity index (χ1v) is 7.81. The van der Waals surface area contributed by atoms with Crippen LogP contribution in [0.15, 0.2) is 53.5 Å². The quantitative estimate of drug-likeness (QED) is 0.392. The fourth-order valence-corrected chi connectivity index (χ4v) is 2.34. The smallest absolute Gasteiger partial charge is 0.193 e. The lowest BCUT2D eigenvalue weighted by Gasteiger charge is -2.23. The number of para-hydroxylation sites is 2. The number of benzene rings is 2. The first kappa shape index (κ1) is 21.1. The van der Waals surface area contributed by atoms with Crippen molar-refractivity contribution in [2.45, 2.75) is 19.3 Å². The highest BCUT2D eigenvalue weighted by Gasteiger charge is 2.20. The van der Waals surface area contributed by atoms with Crippen molar-refractivity contribution in [3.63, 3.8) is 0 Å². The number of guanidine groups is 1. The van der Waals surface area contributed by atoms with Crippen LogP contribution < -0.4 is 20.5 Å². The van der Waals surface area contributed by atoms with Crippen molar-refractivity contribution in [2.75, 3.05) is 26.1 Å². The van der Waals surface area contributed by atoms with Crippen LogP contribution in [0.1, 0.15) is 19.4 Å². The summed E-state index contributed by atoms with van der Waals surface area (Å²) in [6, 6.07) is 15.6. The van der Waals surface area contributed by atoms with Crippen LogP contribution in [0, 0.1) is 0 Å². The lowest BCUT2D eigenvalue weighted by molar-refractivity contribution is 0.414. The van der Waals surface area contributed by atoms with Crippen molar-refractivity contribution < 1.29 is 9.47 Å². The molecule has 0 spiro atoms. The van der Waals surface area contributed by atoms with Gasteiger partial charge in [-0.3, -0.25) is 4.99 Å². The predicted molar refractivity (Wildman–Crippen MR) is 115 cm³/mol. The third-order valence-electron chi connectivity index (χ3n) is 3.89. The third kappa shape index (κ3) is 5.81. The Labute approximate surface area is 166 Å². The van der Waals surface area contributed by atoms with Gasteiger partial charge in [0.05, 0.1) is 26.5 Å². The monoisotopic (exact) mass is 455 g/mol. The van der Waals surface area contributed by atoms with Crippen molar-refractivity contribution in [1.82, 2.24) is 0 Å². The van der Waals surface area contributed by atoms with Crippen LogP contribution in [0.5, 0.6) is 11.5 Å². The number of methoxy groups -OCH3 is 2. The average Bonchev–Trinajstić information content (AvgIpc) is 2.60. The highest BCUT2D eigenvalue weighted by atomic mass is 127. The number of nitrogens with one attached hydrogen (secondary N) is 1. The Kier molecular flexibility index (Phi) is 8.02. The molecule has 0 saturated carbocycles. The Morgan fingerprint density at radius 1 is 1.04 bits per heavy atom. The molecule has 0 unspecified atom stereocenters. The van der Waals surface area contributed by atoms with Gasteiger partial charge < -0.3 is 20.5 Å². The standard InChI is InChI=1S/C19H25N3O2.HI/c1-19(2,14-9-11-15(23-3)12-10-14)13-21-18(20)22-16-7-5-6-8-17(16)24-4;/h5-12H,13H2,1-4H3,(H3,20,21,22);1H. The molecule has 0 saturated heterocycles. The molecule has 2 rings (SSSR count). The summed E-state index contributed by atoms with van der Waals surface area (Å²) in [5, 5.41) is 3.09. The zero-order valence-corrected chi connectivity index (χ0v) is 17.4. The maximum absolute atomic E-state index is 6.02. The van der Waals surface area contributed by atoms with Gasteiger partial charge >= 0.3 is 0 Å². The minimum Gasteiger partial charge on any atom is -0.497 e. The SMILES string of the molecule is COc1ccc(C(C)(C)CN=C(N)Nc2ccccc2OC)cc1.I. The van der Waals surface area contributed by atoms with E-state index in [2.05, 4.69) is 36.3 Å². The van der Waals surface area contributed by atoms with E-state index >= 15 is 0 Å². The maximum atomic E-state index is 6.02. The largest absolute Gasteiger partial charge is 0.497 e. The topological polar surface area (TPSA) is 68.9 Å². The zero-order chi connectivity index (χ0) is 17.6. The van der Waals surface area contributed by atoms with E-state index in [-0.39, 0.29) is 29.4 Å². The Morgan fingerprint density at radius 3 is 2.28 bits per heavy atom. The van der Waals surface area contributed by atoms with Crippen LogP contribution >= 0.6 is 24.0 Å². The predicted octanol–water partition coefficient (Wildman–Crippen LogP) is 4.03. The number of rotatable bonds is 6. The van der Waals surface area contributed by atoms with Gasteiger partial charge in [0.2, 0.25) is 0 Å². The Balaban J connectivity index is 0.00000312. The van der Waals surface area contributed by atoms with Gasteiger partial charge in [0.1, 0.15) is 11.5 Å². The molecule has 25 heavy (non-hydrogen) atoms. The molecule has 0 aromatic heterocycles. The lowest BCUT2D eigenvalue weighted by atomic mass is 9.85. The first-order valence-electron chi connectivity index (χ1n) is 7.81. The molecule has 3 N–H and O–H groups in total. The second kappa shape index (κ2) is 9.50. The number of nitrogens with two attached hydrogens (primary N) is 1. The minimum absolute atomic E-state index is 0. The van der Waals surface area contributed by atoms with Crippen LogP contribution in [-0.4, -0.2) is 26.7 Å². The highest BCUT2D eigenvalue weighted by Crippen LogP contribution is 2.26. The zero-order valence-electron chi connectivity index (χ0n) is 15.1. The summed E-state index contributed by atoms with van der Waals surface area (Å²) in [5.41, 5.74) is 7.86. The molecule has 2 aromatic rings. The van der Waals surface area contributed by atoms with Gasteiger partial charge in [-0.05, 0) is 29.8 Å². The molecule has 0 aliphatic rings. The van der Waals surface area contributed by atoms with Crippen LogP contribution in [0.4, 0.5) is 5.69 Å².